The summed E-state index contributed by atoms with van der Waals surface area (Å²) in [5.41, 5.74) is 11.6. The number of aromatic nitrogens is 2. The number of amides is 4. The molecule has 0 spiro atoms. The molecule has 0 aliphatic heterocycles. The van der Waals surface area contributed by atoms with Gasteiger partial charge in [-0.25, -0.2) is 4.98 Å². The van der Waals surface area contributed by atoms with E-state index in [0.717, 1.165) is 19.4 Å². The van der Waals surface area contributed by atoms with Gasteiger partial charge in [-0.2, -0.15) is 0 Å². The van der Waals surface area contributed by atoms with E-state index >= 15 is 0 Å². The molecule has 1 heterocycles. The van der Waals surface area contributed by atoms with Crippen LogP contribution in [0, 0.1) is 0 Å². The third-order valence-electron chi connectivity index (χ3n) is 5.83. The molecule has 0 aliphatic rings. The van der Waals surface area contributed by atoms with Crippen LogP contribution in [0.15, 0.2) is 12.5 Å². The van der Waals surface area contributed by atoms with Gasteiger partial charge in [-0.15, -0.1) is 0 Å². The number of nitrogens with zero attached hydrogens (tertiary/aromatic N) is 1. The van der Waals surface area contributed by atoms with E-state index in [4.69, 9.17) is 16.6 Å². The van der Waals surface area contributed by atoms with Gasteiger partial charge in [0.15, 0.2) is 0 Å². The van der Waals surface area contributed by atoms with Crippen LogP contribution in [0.25, 0.3) is 0 Å². The molecule has 0 bridgehead atoms. The molecule has 0 saturated heterocycles. The third kappa shape index (κ3) is 14.5. The zero-order valence-corrected chi connectivity index (χ0v) is 22.8. The fourth-order valence-corrected chi connectivity index (χ4v) is 3.52. The summed E-state index contributed by atoms with van der Waals surface area (Å²) in [6, 6.07) is -3.43. The summed E-state index contributed by atoms with van der Waals surface area (Å²) in [6.45, 7) is 2.35. The molecule has 1 rings (SSSR count). The third-order valence-corrected chi connectivity index (χ3v) is 5.83. The fourth-order valence-electron chi connectivity index (χ4n) is 3.52. The average molecular weight is 570 g/mol. The molecule has 226 valence electrons. The maximum Gasteiger partial charge on any atom is 0.322 e. The van der Waals surface area contributed by atoms with Crippen molar-refractivity contribution < 1.29 is 34.2 Å². The van der Waals surface area contributed by atoms with E-state index < -0.39 is 66.9 Å². The first kappa shape index (κ1) is 34.4. The van der Waals surface area contributed by atoms with E-state index in [1.165, 1.54) is 19.4 Å². The Morgan fingerprint density at radius 3 is 2.23 bits per heavy atom. The number of imidazole rings is 1. The minimum absolute atomic E-state index is 0.00211. The van der Waals surface area contributed by atoms with Gasteiger partial charge in [0.1, 0.15) is 24.7 Å². The molecular weight excluding hydrogens is 526 g/mol. The highest BCUT2D eigenvalue weighted by atomic mass is 16.4. The molecule has 16 heteroatoms. The number of aliphatic carboxylic acids is 1. The van der Waals surface area contributed by atoms with Crippen LogP contribution in [-0.2, 0) is 30.4 Å². The maximum absolute atomic E-state index is 13.2. The molecule has 0 radical (unpaired) electrons. The lowest BCUT2D eigenvalue weighted by molar-refractivity contribution is -0.138. The van der Waals surface area contributed by atoms with Crippen molar-refractivity contribution >= 4 is 29.6 Å². The summed E-state index contributed by atoms with van der Waals surface area (Å²) in [5.74, 6) is -4.05. The Labute approximate surface area is 232 Å². The quantitative estimate of drug-likeness (QED) is 0.0647. The molecule has 12 N–H and O–H groups in total. The molecule has 0 aliphatic carbocycles. The second kappa shape index (κ2) is 19.5. The smallest absolute Gasteiger partial charge is 0.322 e. The number of aliphatic hydroxyl groups excluding tert-OH is 1. The number of unbranched alkanes of at least 4 members (excludes halogenated alkanes) is 2. The van der Waals surface area contributed by atoms with Gasteiger partial charge < -0.3 is 53.2 Å². The SMILES string of the molecule is C[C@@H](O)[C@H](N)C(=O)NCC(=O)N[C@@H](CCCCNCCCCN)C(=O)N[C@@H](Cc1cnc[nH]1)C(=O)NCC(=O)O. The molecule has 1 aromatic heterocycles. The van der Waals surface area contributed by atoms with Crippen LogP contribution >= 0.6 is 0 Å². The van der Waals surface area contributed by atoms with Crippen molar-refractivity contribution in [2.45, 2.75) is 69.7 Å². The molecule has 4 amide bonds. The number of hydrogen-bond donors (Lipinski definition) is 10. The van der Waals surface area contributed by atoms with E-state index in [1.54, 1.807) is 0 Å². The Hall–Kier alpha value is -3.60. The van der Waals surface area contributed by atoms with Gasteiger partial charge >= 0.3 is 5.97 Å². The summed E-state index contributed by atoms with van der Waals surface area (Å²) in [6.07, 6.45) is 5.09. The lowest BCUT2D eigenvalue weighted by Gasteiger charge is -2.23. The van der Waals surface area contributed by atoms with E-state index in [-0.39, 0.29) is 12.8 Å². The van der Waals surface area contributed by atoms with Gasteiger partial charge in [-0.1, -0.05) is 0 Å². The molecule has 0 fully saturated rings. The number of nitrogens with two attached hydrogens (primary N) is 2. The highest BCUT2D eigenvalue weighted by Gasteiger charge is 2.28. The number of nitrogens with one attached hydrogen (secondary N) is 6. The average Bonchev–Trinajstić information content (AvgIpc) is 3.43. The van der Waals surface area contributed by atoms with Crippen molar-refractivity contribution in [2.75, 3.05) is 32.7 Å². The van der Waals surface area contributed by atoms with Crippen molar-refractivity contribution in [3.05, 3.63) is 18.2 Å². The van der Waals surface area contributed by atoms with Crippen LogP contribution in [0.3, 0.4) is 0 Å². The van der Waals surface area contributed by atoms with Crippen molar-refractivity contribution in [1.82, 2.24) is 36.6 Å². The van der Waals surface area contributed by atoms with E-state index in [1.807, 2.05) is 0 Å². The van der Waals surface area contributed by atoms with Gasteiger partial charge in [0.05, 0.1) is 19.0 Å². The summed E-state index contributed by atoms with van der Waals surface area (Å²) in [5, 5.41) is 31.3. The number of hydrogen-bond acceptors (Lipinski definition) is 10. The first-order valence-electron chi connectivity index (χ1n) is 13.2. The second-order valence-corrected chi connectivity index (χ2v) is 9.30. The molecule has 0 unspecified atom stereocenters. The van der Waals surface area contributed by atoms with Gasteiger partial charge in [0.2, 0.25) is 23.6 Å². The number of carbonyl (C=O) groups is 5. The van der Waals surface area contributed by atoms with Gasteiger partial charge in [0, 0.05) is 18.3 Å². The second-order valence-electron chi connectivity index (χ2n) is 9.30. The molecular formula is C24H43N9O7. The van der Waals surface area contributed by atoms with Crippen LogP contribution < -0.4 is 38.1 Å². The molecule has 40 heavy (non-hydrogen) atoms. The van der Waals surface area contributed by atoms with Gasteiger partial charge in [-0.05, 0) is 58.7 Å². The van der Waals surface area contributed by atoms with Gasteiger partial charge in [0.25, 0.3) is 0 Å². The molecule has 4 atom stereocenters. The molecule has 0 aromatic carbocycles. The fraction of sp³-hybridized carbons (Fsp3) is 0.667. The zero-order valence-electron chi connectivity index (χ0n) is 22.8. The van der Waals surface area contributed by atoms with E-state index in [2.05, 4.69) is 36.6 Å². The number of carboxylic acids is 1. The summed E-state index contributed by atoms with van der Waals surface area (Å²) in [7, 11) is 0. The molecule has 16 nitrogen and oxygen atoms in total. The number of rotatable bonds is 21. The number of carbonyl (C=O) groups excluding carboxylic acids is 4. The maximum atomic E-state index is 13.2. The van der Waals surface area contributed by atoms with Crippen molar-refractivity contribution in [3.8, 4) is 0 Å². The lowest BCUT2D eigenvalue weighted by Crippen LogP contribution is -2.56. The summed E-state index contributed by atoms with van der Waals surface area (Å²) >= 11 is 0. The van der Waals surface area contributed by atoms with Crippen LogP contribution in [0.5, 0.6) is 0 Å². The first-order chi connectivity index (χ1) is 19.0. The summed E-state index contributed by atoms with van der Waals surface area (Å²) < 4.78 is 0. The minimum Gasteiger partial charge on any atom is -0.480 e. The van der Waals surface area contributed by atoms with Crippen molar-refractivity contribution in [3.63, 3.8) is 0 Å². The topological polar surface area (TPSA) is 267 Å². The Balaban J connectivity index is 2.84. The monoisotopic (exact) mass is 569 g/mol. The van der Waals surface area contributed by atoms with E-state index in [0.29, 0.717) is 31.6 Å². The predicted molar refractivity (Wildman–Crippen MR) is 144 cm³/mol. The van der Waals surface area contributed by atoms with Crippen LogP contribution in [0.1, 0.15) is 44.7 Å². The largest absolute Gasteiger partial charge is 0.480 e. The van der Waals surface area contributed by atoms with E-state index in [9.17, 15) is 29.1 Å². The Morgan fingerprint density at radius 1 is 0.950 bits per heavy atom. The van der Waals surface area contributed by atoms with Crippen LogP contribution in [0.2, 0.25) is 0 Å². The first-order valence-corrected chi connectivity index (χ1v) is 13.2. The van der Waals surface area contributed by atoms with Crippen molar-refractivity contribution in [2.24, 2.45) is 11.5 Å². The highest BCUT2D eigenvalue weighted by molar-refractivity contribution is 5.94. The minimum atomic E-state index is -1.25. The zero-order chi connectivity index (χ0) is 29.9. The predicted octanol–water partition coefficient (Wildman–Crippen LogP) is -3.55. The highest BCUT2D eigenvalue weighted by Crippen LogP contribution is 2.05. The number of aliphatic hydroxyl groups is 1. The number of carboxylic acid groups (broad SMARTS) is 1. The number of aromatic amines is 1. The standard InChI is InChI=1S/C24H43N9O7/c1-15(34)21(26)24(40)29-12-19(35)32-17(6-2-4-8-27-9-5-3-7-25)23(39)33-18(10-16-11-28-14-31-16)22(38)30-13-20(36)37/h11,14-15,17-18,21,27,34H,2-10,12-13,25-26H2,1H3,(H,28,31)(H,29,40)(H,30,38)(H,32,35)(H,33,39)(H,36,37)/t15-,17+,18+,21+/m1/s1. The molecule has 1 aromatic rings. The number of H-pyrrole nitrogens is 1. The summed E-state index contributed by atoms with van der Waals surface area (Å²) in [4.78, 5) is 68.0. The van der Waals surface area contributed by atoms with Crippen LogP contribution in [-0.4, -0.2) is 107 Å². The normalized spacial score (nSPS) is 13.9. The Bertz CT molecular complexity index is 928. The van der Waals surface area contributed by atoms with Crippen molar-refractivity contribution in [1.29, 1.82) is 0 Å². The van der Waals surface area contributed by atoms with Gasteiger partial charge in [-0.3, -0.25) is 24.0 Å². The Morgan fingerprint density at radius 2 is 1.62 bits per heavy atom. The lowest BCUT2D eigenvalue weighted by atomic mass is 10.1. The molecule has 0 saturated carbocycles. The Kier molecular flexibility index (Phi) is 16.7. The van der Waals surface area contributed by atoms with Crippen LogP contribution in [0.4, 0.5) is 0 Å².